The third-order valence-electron chi connectivity index (χ3n) is 4.73. The molecule has 0 atom stereocenters. The number of aromatic nitrogens is 2. The highest BCUT2D eigenvalue weighted by molar-refractivity contribution is 14.0. The number of nitrogens with zero attached hydrogens (tertiary/aromatic N) is 3. The van der Waals surface area contributed by atoms with E-state index in [4.69, 9.17) is 9.73 Å². The highest BCUT2D eigenvalue weighted by Gasteiger charge is 2.17. The van der Waals surface area contributed by atoms with Gasteiger partial charge in [-0.3, -0.25) is 0 Å². The van der Waals surface area contributed by atoms with Crippen LogP contribution in [0.4, 0.5) is 0 Å². The van der Waals surface area contributed by atoms with Gasteiger partial charge in [0.1, 0.15) is 6.10 Å². The summed E-state index contributed by atoms with van der Waals surface area (Å²) in [6.45, 7) is 6.47. The molecular formula is C21H32IN5OS. The topological polar surface area (TPSA) is 71.4 Å². The molecule has 2 heterocycles. The summed E-state index contributed by atoms with van der Waals surface area (Å²) in [5.74, 6) is 1.54. The minimum atomic E-state index is 0. The van der Waals surface area contributed by atoms with Gasteiger partial charge in [-0.1, -0.05) is 6.92 Å². The van der Waals surface area contributed by atoms with Crippen LogP contribution in [-0.4, -0.2) is 35.1 Å². The Morgan fingerprint density at radius 3 is 2.79 bits per heavy atom. The van der Waals surface area contributed by atoms with Crippen molar-refractivity contribution < 1.29 is 4.74 Å². The van der Waals surface area contributed by atoms with Crippen LogP contribution >= 0.6 is 35.3 Å². The first-order valence-electron chi connectivity index (χ1n) is 10.3. The van der Waals surface area contributed by atoms with Gasteiger partial charge in [0.15, 0.2) is 5.96 Å². The average molecular weight is 529 g/mol. The molecule has 0 aliphatic heterocycles. The predicted molar refractivity (Wildman–Crippen MR) is 131 cm³/mol. The lowest BCUT2D eigenvalue weighted by molar-refractivity contribution is 0.201. The first kappa shape index (κ1) is 23.9. The van der Waals surface area contributed by atoms with Crippen molar-refractivity contribution in [3.8, 4) is 5.88 Å². The minimum absolute atomic E-state index is 0. The number of pyridine rings is 1. The second kappa shape index (κ2) is 13.0. The fourth-order valence-corrected chi connectivity index (χ4v) is 4.08. The lowest BCUT2D eigenvalue weighted by Gasteiger charge is -2.13. The zero-order valence-corrected chi connectivity index (χ0v) is 20.5. The van der Waals surface area contributed by atoms with Crippen LogP contribution in [0, 0.1) is 0 Å². The van der Waals surface area contributed by atoms with Gasteiger partial charge in [0.2, 0.25) is 5.88 Å². The first-order valence-corrected chi connectivity index (χ1v) is 11.2. The zero-order chi connectivity index (χ0) is 19.6. The Bertz CT molecular complexity index is 761. The van der Waals surface area contributed by atoms with Crippen molar-refractivity contribution in [3.63, 3.8) is 0 Å². The van der Waals surface area contributed by atoms with Crippen molar-refractivity contribution >= 4 is 41.3 Å². The van der Waals surface area contributed by atoms with Gasteiger partial charge in [0, 0.05) is 42.8 Å². The average Bonchev–Trinajstić information content (AvgIpc) is 3.38. The Morgan fingerprint density at radius 2 is 2.07 bits per heavy atom. The quantitative estimate of drug-likeness (QED) is 0.288. The SMILES string of the molecule is CCNC(=NCc1ccnc(OC2CCCC2)c1)NCCc1ncc(CC)s1.I. The van der Waals surface area contributed by atoms with Crippen LogP contribution in [0.3, 0.4) is 0 Å². The number of hydrogen-bond acceptors (Lipinski definition) is 5. The number of rotatable bonds is 9. The number of ether oxygens (including phenoxy) is 1. The van der Waals surface area contributed by atoms with Gasteiger partial charge in [0.25, 0.3) is 0 Å². The molecule has 0 spiro atoms. The van der Waals surface area contributed by atoms with E-state index in [1.54, 1.807) is 11.3 Å². The molecule has 1 saturated carbocycles. The van der Waals surface area contributed by atoms with E-state index >= 15 is 0 Å². The van der Waals surface area contributed by atoms with Crippen molar-refractivity contribution in [2.24, 2.45) is 4.99 Å². The summed E-state index contributed by atoms with van der Waals surface area (Å²) in [6.07, 6.45) is 10.9. The molecule has 0 radical (unpaired) electrons. The normalized spacial score (nSPS) is 14.5. The molecule has 0 aromatic carbocycles. The molecule has 0 saturated heterocycles. The van der Waals surface area contributed by atoms with E-state index in [0.29, 0.717) is 18.5 Å². The van der Waals surface area contributed by atoms with E-state index < -0.39 is 0 Å². The minimum Gasteiger partial charge on any atom is -0.474 e. The molecule has 6 nitrogen and oxygen atoms in total. The Balaban J connectivity index is 0.00000300. The summed E-state index contributed by atoms with van der Waals surface area (Å²) in [7, 11) is 0. The largest absolute Gasteiger partial charge is 0.474 e. The van der Waals surface area contributed by atoms with Gasteiger partial charge < -0.3 is 15.4 Å². The highest BCUT2D eigenvalue weighted by Crippen LogP contribution is 2.23. The van der Waals surface area contributed by atoms with Gasteiger partial charge >= 0.3 is 0 Å². The molecule has 1 aliphatic carbocycles. The maximum atomic E-state index is 6.00. The van der Waals surface area contributed by atoms with E-state index in [2.05, 4.69) is 34.4 Å². The summed E-state index contributed by atoms with van der Waals surface area (Å²) in [5.41, 5.74) is 1.10. The van der Waals surface area contributed by atoms with Crippen LogP contribution in [0.1, 0.15) is 55.0 Å². The summed E-state index contributed by atoms with van der Waals surface area (Å²) in [6, 6.07) is 4.00. The first-order chi connectivity index (χ1) is 13.8. The molecule has 2 aromatic rings. The summed E-state index contributed by atoms with van der Waals surface area (Å²) in [5, 5.41) is 7.87. The van der Waals surface area contributed by atoms with Crippen molar-refractivity contribution in [2.45, 2.75) is 65.0 Å². The number of aliphatic imine (C=N–C) groups is 1. The number of hydrogen-bond donors (Lipinski definition) is 2. The second-order valence-corrected chi connectivity index (χ2v) is 8.17. The van der Waals surface area contributed by atoms with E-state index in [0.717, 1.165) is 50.3 Å². The van der Waals surface area contributed by atoms with Crippen molar-refractivity contribution in [3.05, 3.63) is 40.0 Å². The Labute approximate surface area is 195 Å². The van der Waals surface area contributed by atoms with Crippen LogP contribution in [0.15, 0.2) is 29.5 Å². The van der Waals surface area contributed by atoms with Crippen LogP contribution in [0.2, 0.25) is 0 Å². The molecule has 160 valence electrons. The molecule has 2 aromatic heterocycles. The molecule has 29 heavy (non-hydrogen) atoms. The number of halogens is 1. The Kier molecular flexibility index (Phi) is 10.7. The summed E-state index contributed by atoms with van der Waals surface area (Å²) in [4.78, 5) is 14.9. The maximum absolute atomic E-state index is 6.00. The third kappa shape index (κ3) is 8.08. The number of aryl methyl sites for hydroxylation is 1. The molecule has 1 aliphatic rings. The molecule has 1 fully saturated rings. The standard InChI is InChI=1S/C21H31N5OS.HI/c1-3-18-15-25-20(28-18)10-12-24-21(22-4-2)26-14-16-9-11-23-19(13-16)27-17-7-5-6-8-17;/h9,11,13,15,17H,3-8,10,12,14H2,1-2H3,(H2,22,24,26);1H. The Hall–Kier alpha value is -1.42. The highest BCUT2D eigenvalue weighted by atomic mass is 127. The smallest absolute Gasteiger partial charge is 0.213 e. The monoisotopic (exact) mass is 529 g/mol. The molecule has 0 bridgehead atoms. The number of nitrogens with one attached hydrogen (secondary N) is 2. The van der Waals surface area contributed by atoms with Crippen LogP contribution in [0.25, 0.3) is 0 Å². The summed E-state index contributed by atoms with van der Waals surface area (Å²) >= 11 is 1.79. The van der Waals surface area contributed by atoms with Gasteiger partial charge in [0.05, 0.1) is 11.6 Å². The third-order valence-corrected chi connectivity index (χ3v) is 5.94. The van der Waals surface area contributed by atoms with Crippen molar-refractivity contribution in [1.29, 1.82) is 0 Å². The van der Waals surface area contributed by atoms with E-state index in [-0.39, 0.29) is 24.0 Å². The molecule has 0 unspecified atom stereocenters. The van der Waals surface area contributed by atoms with Crippen LogP contribution in [0.5, 0.6) is 5.88 Å². The molecule has 8 heteroatoms. The van der Waals surface area contributed by atoms with Gasteiger partial charge in [-0.25, -0.2) is 15.0 Å². The molecule has 2 N–H and O–H groups in total. The van der Waals surface area contributed by atoms with E-state index in [1.165, 1.54) is 22.7 Å². The van der Waals surface area contributed by atoms with Crippen molar-refractivity contribution in [1.82, 2.24) is 20.6 Å². The van der Waals surface area contributed by atoms with Crippen LogP contribution in [-0.2, 0) is 19.4 Å². The van der Waals surface area contributed by atoms with Crippen LogP contribution < -0.4 is 15.4 Å². The molecular weight excluding hydrogens is 497 g/mol. The summed E-state index contributed by atoms with van der Waals surface area (Å²) < 4.78 is 6.00. The number of thiazole rings is 1. The predicted octanol–water partition coefficient (Wildman–Crippen LogP) is 4.34. The fraction of sp³-hybridized carbons (Fsp3) is 0.571. The van der Waals surface area contributed by atoms with Gasteiger partial charge in [-0.05, 0) is 50.7 Å². The lowest BCUT2D eigenvalue weighted by Crippen LogP contribution is -2.38. The molecule has 3 rings (SSSR count). The van der Waals surface area contributed by atoms with Gasteiger partial charge in [-0.2, -0.15) is 0 Å². The van der Waals surface area contributed by atoms with Crippen molar-refractivity contribution in [2.75, 3.05) is 13.1 Å². The van der Waals surface area contributed by atoms with Gasteiger partial charge in [-0.15, -0.1) is 35.3 Å². The van der Waals surface area contributed by atoms with E-state index in [1.807, 2.05) is 24.5 Å². The molecule has 0 amide bonds. The number of guanidine groups is 1. The lowest BCUT2D eigenvalue weighted by atomic mass is 10.2. The maximum Gasteiger partial charge on any atom is 0.213 e. The Morgan fingerprint density at radius 1 is 1.24 bits per heavy atom. The second-order valence-electron chi connectivity index (χ2n) is 6.97. The zero-order valence-electron chi connectivity index (χ0n) is 17.3. The van der Waals surface area contributed by atoms with E-state index in [9.17, 15) is 0 Å². The fourth-order valence-electron chi connectivity index (χ4n) is 3.22.